The summed E-state index contributed by atoms with van der Waals surface area (Å²) < 4.78 is 5.55. The molecule has 1 aromatic carbocycles. The van der Waals surface area contributed by atoms with Crippen molar-refractivity contribution >= 4 is 5.91 Å². The summed E-state index contributed by atoms with van der Waals surface area (Å²) in [6.45, 7) is 4.21. The molecule has 0 saturated heterocycles. The maximum atomic E-state index is 12.3. The molecule has 1 aromatic rings. The van der Waals surface area contributed by atoms with Gasteiger partial charge in [0.2, 0.25) is 0 Å². The topological polar surface area (TPSA) is 55.6 Å². The van der Waals surface area contributed by atoms with Gasteiger partial charge in [0.15, 0.2) is 0 Å². The van der Waals surface area contributed by atoms with Gasteiger partial charge in [0.25, 0.3) is 5.91 Å². The molecule has 0 saturated carbocycles. The Morgan fingerprint density at radius 3 is 2.80 bits per heavy atom. The van der Waals surface area contributed by atoms with Crippen LogP contribution in [0.3, 0.4) is 0 Å². The van der Waals surface area contributed by atoms with E-state index in [2.05, 4.69) is 6.92 Å². The van der Waals surface area contributed by atoms with Gasteiger partial charge in [-0.15, -0.1) is 0 Å². The van der Waals surface area contributed by atoms with Gasteiger partial charge in [-0.25, -0.2) is 0 Å². The van der Waals surface area contributed by atoms with Gasteiger partial charge in [0.1, 0.15) is 5.75 Å². The van der Waals surface area contributed by atoms with E-state index in [0.717, 1.165) is 38.0 Å². The minimum absolute atomic E-state index is 0.0414. The van der Waals surface area contributed by atoms with Crippen LogP contribution in [0.25, 0.3) is 0 Å². The van der Waals surface area contributed by atoms with Crippen molar-refractivity contribution < 1.29 is 9.53 Å². The zero-order valence-electron chi connectivity index (χ0n) is 12.6. The normalized spacial score (nSPS) is 10.3. The molecule has 4 heteroatoms. The molecule has 20 heavy (non-hydrogen) atoms. The number of carbonyl (C=O) groups excluding carboxylic acids is 1. The third kappa shape index (κ3) is 5.61. The Morgan fingerprint density at radius 2 is 2.10 bits per heavy atom. The monoisotopic (exact) mass is 278 g/mol. The molecule has 0 spiro atoms. The number of hydrogen-bond acceptors (Lipinski definition) is 3. The van der Waals surface area contributed by atoms with Gasteiger partial charge in [-0.05, 0) is 44.0 Å². The molecule has 0 unspecified atom stereocenters. The molecule has 0 fully saturated rings. The van der Waals surface area contributed by atoms with E-state index in [4.69, 9.17) is 10.5 Å². The highest BCUT2D eigenvalue weighted by Gasteiger charge is 2.11. The van der Waals surface area contributed by atoms with Gasteiger partial charge in [-0.3, -0.25) is 4.79 Å². The average Bonchev–Trinajstić information content (AvgIpc) is 2.48. The summed E-state index contributed by atoms with van der Waals surface area (Å²) in [7, 11) is 1.84. The lowest BCUT2D eigenvalue weighted by molar-refractivity contribution is 0.0792. The fourth-order valence-electron chi connectivity index (χ4n) is 1.93. The van der Waals surface area contributed by atoms with E-state index in [0.29, 0.717) is 18.7 Å². The van der Waals surface area contributed by atoms with Crippen LogP contribution in [0.1, 0.15) is 43.0 Å². The summed E-state index contributed by atoms with van der Waals surface area (Å²) in [4.78, 5) is 14.0. The lowest BCUT2D eigenvalue weighted by Crippen LogP contribution is -2.27. The molecular formula is C16H26N2O2. The van der Waals surface area contributed by atoms with Gasteiger partial charge in [-0.2, -0.15) is 0 Å². The molecule has 4 nitrogen and oxygen atoms in total. The van der Waals surface area contributed by atoms with Crippen LogP contribution < -0.4 is 10.5 Å². The highest BCUT2D eigenvalue weighted by atomic mass is 16.5. The molecule has 0 aliphatic carbocycles. The molecule has 0 aliphatic heterocycles. The van der Waals surface area contributed by atoms with Crippen LogP contribution in [0.2, 0.25) is 0 Å². The van der Waals surface area contributed by atoms with E-state index < -0.39 is 0 Å². The molecule has 1 rings (SSSR count). The van der Waals surface area contributed by atoms with Crippen molar-refractivity contribution in [2.75, 3.05) is 26.7 Å². The van der Waals surface area contributed by atoms with E-state index in [-0.39, 0.29) is 5.91 Å². The van der Waals surface area contributed by atoms with Crippen molar-refractivity contribution in [2.45, 2.75) is 32.6 Å². The summed E-state index contributed by atoms with van der Waals surface area (Å²) in [5, 5.41) is 0. The van der Waals surface area contributed by atoms with Crippen LogP contribution in [-0.4, -0.2) is 37.6 Å². The Balaban J connectivity index is 2.52. The SMILES string of the molecule is CCCOc1cccc(C(=O)N(C)CCCCCN)c1. The molecule has 0 atom stereocenters. The van der Waals surface area contributed by atoms with Gasteiger partial charge in [0.05, 0.1) is 6.61 Å². The van der Waals surface area contributed by atoms with Crippen LogP contribution in [0.15, 0.2) is 24.3 Å². The first-order valence-electron chi connectivity index (χ1n) is 7.37. The Bertz CT molecular complexity index is 407. The fourth-order valence-corrected chi connectivity index (χ4v) is 1.93. The first kappa shape index (κ1) is 16.5. The fraction of sp³-hybridized carbons (Fsp3) is 0.562. The Kier molecular flexibility index (Phi) is 7.73. The van der Waals surface area contributed by atoms with Crippen molar-refractivity contribution in [2.24, 2.45) is 5.73 Å². The van der Waals surface area contributed by atoms with Crippen LogP contribution in [0, 0.1) is 0 Å². The highest BCUT2D eigenvalue weighted by molar-refractivity contribution is 5.94. The molecule has 0 radical (unpaired) electrons. The predicted molar refractivity (Wildman–Crippen MR) is 82.1 cm³/mol. The molecular weight excluding hydrogens is 252 g/mol. The number of benzene rings is 1. The number of ether oxygens (including phenoxy) is 1. The second-order valence-electron chi connectivity index (χ2n) is 4.95. The van der Waals surface area contributed by atoms with E-state index in [1.807, 2.05) is 31.3 Å². The van der Waals surface area contributed by atoms with Gasteiger partial charge >= 0.3 is 0 Å². The van der Waals surface area contributed by atoms with Crippen LogP contribution in [0.5, 0.6) is 5.75 Å². The second kappa shape index (κ2) is 9.37. The first-order valence-corrected chi connectivity index (χ1v) is 7.37. The zero-order chi connectivity index (χ0) is 14.8. The summed E-state index contributed by atoms with van der Waals surface area (Å²) in [6.07, 6.45) is 4.03. The van der Waals surface area contributed by atoms with Crippen molar-refractivity contribution in [1.82, 2.24) is 4.90 Å². The lowest BCUT2D eigenvalue weighted by Gasteiger charge is -2.17. The quantitative estimate of drug-likeness (QED) is 0.707. The number of rotatable bonds is 9. The zero-order valence-corrected chi connectivity index (χ0v) is 12.6. The Labute approximate surface area is 121 Å². The molecule has 2 N–H and O–H groups in total. The third-order valence-corrected chi connectivity index (χ3v) is 3.10. The second-order valence-corrected chi connectivity index (χ2v) is 4.95. The molecule has 0 bridgehead atoms. The minimum atomic E-state index is 0.0414. The number of hydrogen-bond donors (Lipinski definition) is 1. The number of unbranched alkanes of at least 4 members (excludes halogenated alkanes) is 2. The molecule has 0 aliphatic rings. The summed E-state index contributed by atoms with van der Waals surface area (Å²) in [6, 6.07) is 7.39. The van der Waals surface area contributed by atoms with E-state index >= 15 is 0 Å². The number of carbonyl (C=O) groups is 1. The van der Waals surface area contributed by atoms with Crippen molar-refractivity contribution in [3.8, 4) is 5.75 Å². The minimum Gasteiger partial charge on any atom is -0.494 e. The summed E-state index contributed by atoms with van der Waals surface area (Å²) in [5.74, 6) is 0.800. The van der Waals surface area contributed by atoms with Gasteiger partial charge in [0, 0.05) is 19.2 Å². The Morgan fingerprint density at radius 1 is 1.30 bits per heavy atom. The van der Waals surface area contributed by atoms with Gasteiger partial charge in [-0.1, -0.05) is 19.4 Å². The molecule has 1 amide bonds. The molecule has 0 heterocycles. The first-order chi connectivity index (χ1) is 9.69. The summed E-state index contributed by atoms with van der Waals surface area (Å²) in [5.41, 5.74) is 6.14. The van der Waals surface area contributed by atoms with Crippen molar-refractivity contribution in [1.29, 1.82) is 0 Å². The van der Waals surface area contributed by atoms with E-state index in [9.17, 15) is 4.79 Å². The van der Waals surface area contributed by atoms with Crippen molar-refractivity contribution in [3.05, 3.63) is 29.8 Å². The number of nitrogens with two attached hydrogens (primary N) is 1. The van der Waals surface area contributed by atoms with Gasteiger partial charge < -0.3 is 15.4 Å². The maximum Gasteiger partial charge on any atom is 0.253 e. The lowest BCUT2D eigenvalue weighted by atomic mass is 10.1. The van der Waals surface area contributed by atoms with Crippen LogP contribution >= 0.6 is 0 Å². The molecule has 112 valence electrons. The van der Waals surface area contributed by atoms with Crippen LogP contribution in [0.4, 0.5) is 0 Å². The largest absolute Gasteiger partial charge is 0.494 e. The highest BCUT2D eigenvalue weighted by Crippen LogP contribution is 2.15. The predicted octanol–water partition coefficient (Wildman–Crippen LogP) is 2.68. The number of nitrogens with zero attached hydrogens (tertiary/aromatic N) is 1. The standard InChI is InChI=1S/C16H26N2O2/c1-3-12-20-15-9-7-8-14(13-15)16(19)18(2)11-6-4-5-10-17/h7-9,13H,3-6,10-12,17H2,1-2H3. The Hall–Kier alpha value is -1.55. The number of amides is 1. The van der Waals surface area contributed by atoms with Crippen LogP contribution in [-0.2, 0) is 0 Å². The van der Waals surface area contributed by atoms with Crippen molar-refractivity contribution in [3.63, 3.8) is 0 Å². The summed E-state index contributed by atoms with van der Waals surface area (Å²) >= 11 is 0. The van der Waals surface area contributed by atoms with E-state index in [1.54, 1.807) is 4.90 Å². The third-order valence-electron chi connectivity index (χ3n) is 3.10. The maximum absolute atomic E-state index is 12.3. The molecule has 0 aromatic heterocycles. The average molecular weight is 278 g/mol. The smallest absolute Gasteiger partial charge is 0.253 e. The van der Waals surface area contributed by atoms with E-state index in [1.165, 1.54) is 0 Å².